The van der Waals surface area contributed by atoms with Crippen molar-refractivity contribution in [2.24, 2.45) is 0 Å². The van der Waals surface area contributed by atoms with E-state index in [1.54, 1.807) is 22.7 Å². The summed E-state index contributed by atoms with van der Waals surface area (Å²) in [6.07, 6.45) is 0.399. The van der Waals surface area contributed by atoms with E-state index in [0.717, 1.165) is 33.9 Å². The highest BCUT2D eigenvalue weighted by Gasteiger charge is 2.23. The normalized spacial score (nSPS) is 14.4. The van der Waals surface area contributed by atoms with Crippen molar-refractivity contribution in [1.82, 2.24) is 15.1 Å². The van der Waals surface area contributed by atoms with Gasteiger partial charge in [-0.15, -0.1) is 21.5 Å². The Balaban J connectivity index is 1.24. The number of thiophene rings is 1. The maximum atomic E-state index is 12.4. The molecule has 3 heterocycles. The summed E-state index contributed by atoms with van der Waals surface area (Å²) in [7, 11) is 0. The van der Waals surface area contributed by atoms with Crippen LogP contribution in [0.3, 0.4) is 0 Å². The maximum Gasteiger partial charge on any atom is 0.226 e. The lowest BCUT2D eigenvalue weighted by Crippen LogP contribution is -2.49. The molecule has 2 aromatic heterocycles. The van der Waals surface area contributed by atoms with Crippen molar-refractivity contribution in [3.05, 3.63) is 47.8 Å². The van der Waals surface area contributed by atoms with E-state index in [1.165, 1.54) is 0 Å². The van der Waals surface area contributed by atoms with Gasteiger partial charge in [0.1, 0.15) is 5.75 Å². The minimum absolute atomic E-state index is 0.141. The highest BCUT2D eigenvalue weighted by Crippen LogP contribution is 2.31. The molecule has 0 unspecified atom stereocenters. The first-order chi connectivity index (χ1) is 13.3. The Labute approximate surface area is 166 Å². The predicted molar refractivity (Wildman–Crippen MR) is 109 cm³/mol. The van der Waals surface area contributed by atoms with E-state index in [9.17, 15) is 4.79 Å². The molecule has 4 rings (SSSR count). The molecular formula is C19H20N4O2S2. The van der Waals surface area contributed by atoms with E-state index < -0.39 is 0 Å². The smallest absolute Gasteiger partial charge is 0.226 e. The molecule has 0 radical (unpaired) electrons. The molecule has 1 aliphatic heterocycles. The van der Waals surface area contributed by atoms with Gasteiger partial charge in [0, 0.05) is 26.2 Å². The largest absolute Gasteiger partial charge is 0.493 e. The summed E-state index contributed by atoms with van der Waals surface area (Å²) < 4.78 is 5.62. The lowest BCUT2D eigenvalue weighted by molar-refractivity contribution is -0.132. The highest BCUT2D eigenvalue weighted by molar-refractivity contribution is 7.22. The van der Waals surface area contributed by atoms with Crippen molar-refractivity contribution < 1.29 is 9.53 Å². The van der Waals surface area contributed by atoms with E-state index >= 15 is 0 Å². The Morgan fingerprint density at radius 1 is 1.04 bits per heavy atom. The Morgan fingerprint density at radius 2 is 1.85 bits per heavy atom. The quantitative estimate of drug-likeness (QED) is 0.635. The van der Waals surface area contributed by atoms with Crippen LogP contribution in [0.25, 0.3) is 9.88 Å². The minimum atomic E-state index is 0.141. The molecule has 1 fully saturated rings. The summed E-state index contributed by atoms with van der Waals surface area (Å²) in [6, 6.07) is 13.7. The van der Waals surface area contributed by atoms with Crippen LogP contribution in [0.1, 0.15) is 6.42 Å². The molecule has 8 heteroatoms. The molecule has 3 aromatic rings. The number of para-hydroxylation sites is 1. The molecular weight excluding hydrogens is 380 g/mol. The van der Waals surface area contributed by atoms with Gasteiger partial charge >= 0.3 is 0 Å². The Hall–Kier alpha value is -2.45. The number of hydrogen-bond acceptors (Lipinski definition) is 7. The van der Waals surface area contributed by atoms with Crippen LogP contribution in [0.2, 0.25) is 0 Å². The molecule has 1 aliphatic rings. The summed E-state index contributed by atoms with van der Waals surface area (Å²) in [5, 5.41) is 12.6. The van der Waals surface area contributed by atoms with Crippen molar-refractivity contribution in [3.8, 4) is 15.6 Å². The van der Waals surface area contributed by atoms with Crippen molar-refractivity contribution in [1.29, 1.82) is 0 Å². The van der Waals surface area contributed by atoms with Crippen LogP contribution >= 0.6 is 22.7 Å². The minimum Gasteiger partial charge on any atom is -0.493 e. The van der Waals surface area contributed by atoms with Crippen LogP contribution in [0.15, 0.2) is 47.8 Å². The Kier molecular flexibility index (Phi) is 5.64. The van der Waals surface area contributed by atoms with Gasteiger partial charge in [-0.05, 0) is 23.6 Å². The SMILES string of the molecule is O=C(CCOc1ccccc1)N1CCN(c2nnc(-c3cccs3)s2)CC1. The van der Waals surface area contributed by atoms with E-state index in [2.05, 4.69) is 21.2 Å². The number of carbonyl (C=O) groups is 1. The van der Waals surface area contributed by atoms with Crippen LogP contribution in [0.4, 0.5) is 5.13 Å². The second-order valence-corrected chi connectivity index (χ2v) is 8.05. The van der Waals surface area contributed by atoms with Gasteiger partial charge in [0.15, 0.2) is 5.01 Å². The van der Waals surface area contributed by atoms with Crippen LogP contribution < -0.4 is 9.64 Å². The molecule has 27 heavy (non-hydrogen) atoms. The number of piperazine rings is 1. The van der Waals surface area contributed by atoms with Gasteiger partial charge < -0.3 is 14.5 Å². The zero-order valence-electron chi connectivity index (χ0n) is 14.8. The zero-order chi connectivity index (χ0) is 18.5. The van der Waals surface area contributed by atoms with Crippen LogP contribution in [-0.2, 0) is 4.79 Å². The van der Waals surface area contributed by atoms with Gasteiger partial charge in [0.05, 0.1) is 17.9 Å². The van der Waals surface area contributed by atoms with Gasteiger partial charge in [-0.3, -0.25) is 4.79 Å². The first-order valence-corrected chi connectivity index (χ1v) is 10.6. The lowest BCUT2D eigenvalue weighted by atomic mass is 10.3. The molecule has 0 aliphatic carbocycles. The molecule has 1 saturated heterocycles. The maximum absolute atomic E-state index is 12.4. The second-order valence-electron chi connectivity index (χ2n) is 6.15. The third kappa shape index (κ3) is 4.45. The summed E-state index contributed by atoms with van der Waals surface area (Å²) in [5.74, 6) is 0.940. The highest BCUT2D eigenvalue weighted by atomic mass is 32.1. The van der Waals surface area contributed by atoms with Gasteiger partial charge in [-0.2, -0.15) is 0 Å². The van der Waals surface area contributed by atoms with Gasteiger partial charge in [0.25, 0.3) is 0 Å². The fourth-order valence-corrected chi connectivity index (χ4v) is 4.61. The van der Waals surface area contributed by atoms with E-state index in [0.29, 0.717) is 26.1 Å². The first-order valence-electron chi connectivity index (χ1n) is 8.87. The average Bonchev–Trinajstić information content (AvgIpc) is 3.41. The molecule has 0 bridgehead atoms. The third-order valence-electron chi connectivity index (χ3n) is 4.38. The summed E-state index contributed by atoms with van der Waals surface area (Å²) in [4.78, 5) is 17.7. The molecule has 0 saturated carbocycles. The van der Waals surface area contributed by atoms with Crippen molar-refractivity contribution in [3.63, 3.8) is 0 Å². The molecule has 0 N–H and O–H groups in total. The summed E-state index contributed by atoms with van der Waals surface area (Å²) >= 11 is 3.28. The fraction of sp³-hybridized carbons (Fsp3) is 0.316. The molecule has 140 valence electrons. The number of aromatic nitrogens is 2. The van der Waals surface area contributed by atoms with Crippen molar-refractivity contribution in [2.45, 2.75) is 6.42 Å². The number of hydrogen-bond donors (Lipinski definition) is 0. The van der Waals surface area contributed by atoms with Gasteiger partial charge in [-0.1, -0.05) is 35.6 Å². The van der Waals surface area contributed by atoms with Crippen LogP contribution in [-0.4, -0.2) is 53.8 Å². The second kappa shape index (κ2) is 8.49. The number of benzene rings is 1. The third-order valence-corrected chi connectivity index (χ3v) is 6.40. The van der Waals surface area contributed by atoms with Crippen LogP contribution in [0.5, 0.6) is 5.75 Å². The standard InChI is InChI=1S/C19H20N4O2S2/c24-17(8-13-25-15-5-2-1-3-6-15)22-9-11-23(12-10-22)19-21-20-18(27-19)16-7-4-14-26-16/h1-7,14H,8-13H2. The molecule has 6 nitrogen and oxygen atoms in total. The van der Waals surface area contributed by atoms with E-state index in [1.807, 2.05) is 46.7 Å². The summed E-state index contributed by atoms with van der Waals surface area (Å²) in [5.41, 5.74) is 0. The van der Waals surface area contributed by atoms with Gasteiger partial charge in [0.2, 0.25) is 11.0 Å². The van der Waals surface area contributed by atoms with Crippen LogP contribution in [0, 0.1) is 0 Å². The number of rotatable bonds is 6. The van der Waals surface area contributed by atoms with Gasteiger partial charge in [-0.25, -0.2) is 0 Å². The first kappa shape index (κ1) is 17.9. The molecule has 0 atom stereocenters. The number of ether oxygens (including phenoxy) is 1. The average molecular weight is 401 g/mol. The molecule has 1 amide bonds. The predicted octanol–water partition coefficient (Wildman–Crippen LogP) is 3.38. The number of anilines is 1. The Morgan fingerprint density at radius 3 is 2.59 bits per heavy atom. The van der Waals surface area contributed by atoms with Crippen molar-refractivity contribution >= 4 is 33.7 Å². The molecule has 1 aromatic carbocycles. The molecule has 0 spiro atoms. The van der Waals surface area contributed by atoms with E-state index in [-0.39, 0.29) is 5.91 Å². The van der Waals surface area contributed by atoms with E-state index in [4.69, 9.17) is 4.74 Å². The Bertz CT molecular complexity index is 859. The summed E-state index contributed by atoms with van der Waals surface area (Å²) in [6.45, 7) is 3.38. The number of amides is 1. The number of carbonyl (C=O) groups excluding carboxylic acids is 1. The zero-order valence-corrected chi connectivity index (χ0v) is 16.4. The number of nitrogens with zero attached hydrogens (tertiary/aromatic N) is 4. The van der Waals surface area contributed by atoms with Crippen molar-refractivity contribution in [2.75, 3.05) is 37.7 Å². The fourth-order valence-electron chi connectivity index (χ4n) is 2.92. The monoisotopic (exact) mass is 400 g/mol. The lowest BCUT2D eigenvalue weighted by Gasteiger charge is -2.34. The topological polar surface area (TPSA) is 58.6 Å².